The summed E-state index contributed by atoms with van der Waals surface area (Å²) >= 11 is 0. The van der Waals surface area contributed by atoms with E-state index < -0.39 is 20.6 Å². The lowest BCUT2D eigenvalue weighted by atomic mass is 9.93. The Morgan fingerprint density at radius 2 is 1.87 bits per heavy atom. The molecule has 30 heavy (non-hydrogen) atoms. The van der Waals surface area contributed by atoms with Crippen molar-refractivity contribution in [3.63, 3.8) is 0 Å². The van der Waals surface area contributed by atoms with Crippen LogP contribution in [0, 0.1) is 23.2 Å². The quantitative estimate of drug-likeness (QED) is 0.706. The molecule has 3 aliphatic rings. The van der Waals surface area contributed by atoms with Gasteiger partial charge in [-0.25, -0.2) is 8.42 Å². The zero-order chi connectivity index (χ0) is 21.4. The Morgan fingerprint density at radius 3 is 2.47 bits per heavy atom. The molecule has 7 nitrogen and oxygen atoms in total. The van der Waals surface area contributed by atoms with Crippen LogP contribution in [0.3, 0.4) is 0 Å². The van der Waals surface area contributed by atoms with Gasteiger partial charge in [0.1, 0.15) is 5.54 Å². The average molecular weight is 432 g/mol. The lowest BCUT2D eigenvalue weighted by molar-refractivity contribution is -0.138. The van der Waals surface area contributed by atoms with E-state index in [1.54, 1.807) is 35.2 Å². The Hall–Kier alpha value is -1.95. The molecule has 1 aromatic carbocycles. The highest BCUT2D eigenvalue weighted by atomic mass is 32.2. The van der Waals surface area contributed by atoms with Gasteiger partial charge in [0.15, 0.2) is 9.84 Å². The minimum Gasteiger partial charge on any atom is -0.393 e. The molecule has 0 radical (unpaired) electrons. The van der Waals surface area contributed by atoms with Crippen LogP contribution in [0.15, 0.2) is 35.2 Å². The standard InChI is InChI=1S/C22H29N3O4S/c23-15-22(8-9-22)24-14-16-12-19(30(28,29)18-4-2-1-3-5-18)13-20(16)21(27)25-10-6-17(26)7-11-25/h1-5,16-17,19-20,24,26H,6-14H2. The molecule has 3 fully saturated rings. The van der Waals surface area contributed by atoms with Crippen LogP contribution in [0.25, 0.3) is 0 Å². The number of carbonyl (C=O) groups excluding carboxylic acids is 1. The van der Waals surface area contributed by atoms with Crippen molar-refractivity contribution in [3.8, 4) is 6.07 Å². The molecule has 3 unspecified atom stereocenters. The number of hydrogen-bond acceptors (Lipinski definition) is 6. The van der Waals surface area contributed by atoms with E-state index in [-0.39, 0.29) is 23.8 Å². The minimum absolute atomic E-state index is 0.0127. The summed E-state index contributed by atoms with van der Waals surface area (Å²) in [5.41, 5.74) is -0.501. The number of nitrogens with one attached hydrogen (secondary N) is 1. The Morgan fingerprint density at radius 1 is 1.20 bits per heavy atom. The second-order valence-corrected chi connectivity index (χ2v) is 11.2. The molecule has 0 bridgehead atoms. The third-order valence-electron chi connectivity index (χ3n) is 6.92. The number of rotatable bonds is 6. The van der Waals surface area contributed by atoms with E-state index in [4.69, 9.17) is 0 Å². The van der Waals surface area contributed by atoms with Crippen LogP contribution < -0.4 is 5.32 Å². The highest BCUT2D eigenvalue weighted by molar-refractivity contribution is 7.92. The van der Waals surface area contributed by atoms with Crippen molar-refractivity contribution in [2.45, 2.75) is 60.3 Å². The van der Waals surface area contributed by atoms with E-state index >= 15 is 0 Å². The molecule has 162 valence electrons. The maximum absolute atomic E-state index is 13.3. The molecule has 0 aromatic heterocycles. The normalized spacial score (nSPS) is 28.8. The summed E-state index contributed by atoms with van der Waals surface area (Å²) in [6.07, 6.45) is 3.07. The van der Waals surface area contributed by atoms with Crippen LogP contribution in [-0.4, -0.2) is 60.9 Å². The van der Waals surface area contributed by atoms with Crippen molar-refractivity contribution in [1.82, 2.24) is 10.2 Å². The minimum atomic E-state index is -3.52. The van der Waals surface area contributed by atoms with Gasteiger partial charge in [0.05, 0.1) is 22.3 Å². The van der Waals surface area contributed by atoms with Crippen LogP contribution in [0.1, 0.15) is 38.5 Å². The molecule has 1 saturated heterocycles. The van der Waals surface area contributed by atoms with Gasteiger partial charge in [-0.15, -0.1) is 0 Å². The van der Waals surface area contributed by atoms with Crippen LogP contribution in [0.4, 0.5) is 0 Å². The third kappa shape index (κ3) is 4.25. The molecule has 2 aliphatic carbocycles. The monoisotopic (exact) mass is 431 g/mol. The van der Waals surface area contributed by atoms with Gasteiger partial charge in [0.25, 0.3) is 0 Å². The Balaban J connectivity index is 1.52. The first-order chi connectivity index (χ1) is 14.3. The summed E-state index contributed by atoms with van der Waals surface area (Å²) in [6, 6.07) is 10.7. The predicted octanol–water partition coefficient (Wildman–Crippen LogP) is 1.48. The van der Waals surface area contributed by atoms with Crippen molar-refractivity contribution in [3.05, 3.63) is 30.3 Å². The number of carbonyl (C=O) groups is 1. The number of hydrogen-bond donors (Lipinski definition) is 2. The van der Waals surface area contributed by atoms with Gasteiger partial charge < -0.3 is 10.0 Å². The Labute approximate surface area is 178 Å². The fourth-order valence-electron chi connectivity index (χ4n) is 4.76. The number of aliphatic hydroxyl groups is 1. The van der Waals surface area contributed by atoms with Gasteiger partial charge in [0, 0.05) is 25.6 Å². The van der Waals surface area contributed by atoms with E-state index in [1.165, 1.54) is 0 Å². The van der Waals surface area contributed by atoms with E-state index in [2.05, 4.69) is 11.4 Å². The van der Waals surface area contributed by atoms with Crippen molar-refractivity contribution in [2.75, 3.05) is 19.6 Å². The van der Waals surface area contributed by atoms with Gasteiger partial charge in [-0.2, -0.15) is 5.26 Å². The number of likely N-dealkylation sites (tertiary alicyclic amines) is 1. The van der Waals surface area contributed by atoms with Crippen LogP contribution in [0.2, 0.25) is 0 Å². The van der Waals surface area contributed by atoms with E-state index in [0.717, 1.165) is 12.8 Å². The van der Waals surface area contributed by atoms with Crippen LogP contribution >= 0.6 is 0 Å². The van der Waals surface area contributed by atoms with Gasteiger partial charge in [-0.05, 0) is 56.6 Å². The topological polar surface area (TPSA) is 110 Å². The first kappa shape index (κ1) is 21.3. The lowest BCUT2D eigenvalue weighted by Gasteiger charge is -2.33. The number of aliphatic hydroxyl groups excluding tert-OH is 1. The first-order valence-corrected chi connectivity index (χ1v) is 12.3. The molecule has 4 rings (SSSR count). The highest BCUT2D eigenvalue weighted by Crippen LogP contribution is 2.41. The van der Waals surface area contributed by atoms with Crippen molar-refractivity contribution >= 4 is 15.7 Å². The molecule has 8 heteroatoms. The summed E-state index contributed by atoms with van der Waals surface area (Å²) in [5, 5.41) is 21.8. The van der Waals surface area contributed by atoms with Gasteiger partial charge in [-0.3, -0.25) is 10.1 Å². The number of nitrogens with zero attached hydrogens (tertiary/aromatic N) is 2. The lowest BCUT2D eigenvalue weighted by Crippen LogP contribution is -2.45. The van der Waals surface area contributed by atoms with Crippen molar-refractivity contribution < 1.29 is 18.3 Å². The molecule has 1 amide bonds. The Kier molecular flexibility index (Phi) is 5.88. The molecular weight excluding hydrogens is 402 g/mol. The molecule has 2 N–H and O–H groups in total. The molecule has 0 spiro atoms. The van der Waals surface area contributed by atoms with Gasteiger partial charge in [0.2, 0.25) is 5.91 Å². The summed E-state index contributed by atoms with van der Waals surface area (Å²) < 4.78 is 26.4. The molecule has 1 heterocycles. The molecular formula is C22H29N3O4S. The fourth-order valence-corrected chi connectivity index (χ4v) is 6.64. The largest absolute Gasteiger partial charge is 0.393 e. The smallest absolute Gasteiger partial charge is 0.226 e. The summed E-state index contributed by atoms with van der Waals surface area (Å²) in [4.78, 5) is 15.4. The van der Waals surface area contributed by atoms with E-state index in [9.17, 15) is 23.6 Å². The zero-order valence-corrected chi connectivity index (χ0v) is 17.9. The van der Waals surface area contributed by atoms with E-state index in [0.29, 0.717) is 50.2 Å². The SMILES string of the molecule is N#CC1(NCC2CC(S(=O)(=O)c3ccccc3)CC2C(=O)N2CCC(O)CC2)CC1. The van der Waals surface area contributed by atoms with Gasteiger partial charge in [-0.1, -0.05) is 18.2 Å². The number of piperidine rings is 1. The number of amides is 1. The first-order valence-electron chi connectivity index (χ1n) is 10.8. The summed E-state index contributed by atoms with van der Waals surface area (Å²) in [6.45, 7) is 1.49. The van der Waals surface area contributed by atoms with Crippen molar-refractivity contribution in [1.29, 1.82) is 5.26 Å². The van der Waals surface area contributed by atoms with Crippen LogP contribution in [-0.2, 0) is 14.6 Å². The highest BCUT2D eigenvalue weighted by Gasteiger charge is 2.48. The van der Waals surface area contributed by atoms with Crippen LogP contribution in [0.5, 0.6) is 0 Å². The van der Waals surface area contributed by atoms with Crippen molar-refractivity contribution in [2.24, 2.45) is 11.8 Å². The Bertz CT molecular complexity index is 915. The molecule has 1 aliphatic heterocycles. The average Bonchev–Trinajstić information content (AvgIpc) is 3.42. The predicted molar refractivity (Wildman–Crippen MR) is 111 cm³/mol. The third-order valence-corrected chi connectivity index (χ3v) is 9.11. The second kappa shape index (κ2) is 8.29. The molecule has 2 saturated carbocycles. The number of benzene rings is 1. The molecule has 3 atom stereocenters. The fraction of sp³-hybridized carbons (Fsp3) is 0.636. The summed E-state index contributed by atoms with van der Waals surface area (Å²) in [7, 11) is -3.52. The second-order valence-electron chi connectivity index (χ2n) is 8.95. The molecule has 1 aromatic rings. The van der Waals surface area contributed by atoms with E-state index in [1.807, 2.05) is 0 Å². The zero-order valence-electron chi connectivity index (χ0n) is 17.0. The maximum Gasteiger partial charge on any atom is 0.226 e. The maximum atomic E-state index is 13.3. The number of sulfone groups is 1. The summed E-state index contributed by atoms with van der Waals surface area (Å²) in [5.74, 6) is -0.523. The number of nitriles is 1. The van der Waals surface area contributed by atoms with Gasteiger partial charge >= 0.3 is 0 Å².